The maximum Gasteiger partial charge on any atom is 0.347 e. The Labute approximate surface area is 143 Å². The summed E-state index contributed by atoms with van der Waals surface area (Å²) in [6.07, 6.45) is 3.22. The third-order valence-corrected chi connectivity index (χ3v) is 3.89. The van der Waals surface area contributed by atoms with Gasteiger partial charge in [-0.2, -0.15) is 0 Å². The summed E-state index contributed by atoms with van der Waals surface area (Å²) in [5.74, 6) is 0.354. The average Bonchev–Trinajstić information content (AvgIpc) is 2.61. The summed E-state index contributed by atoms with van der Waals surface area (Å²) in [6.45, 7) is 5.82. The van der Waals surface area contributed by atoms with E-state index in [-0.39, 0.29) is 5.97 Å². The molecule has 2 aromatic carbocycles. The Hall–Kier alpha value is -2.55. The van der Waals surface area contributed by atoms with Gasteiger partial charge in [-0.15, -0.1) is 6.58 Å². The first-order valence-corrected chi connectivity index (χ1v) is 8.13. The number of allylic oxidation sites excluding steroid dienone is 1. The molecular weight excluding hydrogens is 300 g/mol. The van der Waals surface area contributed by atoms with Crippen molar-refractivity contribution in [2.45, 2.75) is 32.3 Å². The van der Waals surface area contributed by atoms with Crippen LogP contribution in [0.4, 0.5) is 0 Å². The van der Waals surface area contributed by atoms with Crippen LogP contribution in [0.5, 0.6) is 5.75 Å². The molecule has 0 aromatic heterocycles. The second-order valence-electron chi connectivity index (χ2n) is 5.75. The highest BCUT2D eigenvalue weighted by atomic mass is 16.6. The van der Waals surface area contributed by atoms with Crippen LogP contribution in [0.15, 0.2) is 61.2 Å². The highest BCUT2D eigenvalue weighted by Gasteiger charge is 2.22. The van der Waals surface area contributed by atoms with Crippen molar-refractivity contribution < 1.29 is 14.3 Å². The first kappa shape index (κ1) is 17.8. The van der Waals surface area contributed by atoms with Gasteiger partial charge in [0.25, 0.3) is 0 Å². The van der Waals surface area contributed by atoms with Crippen molar-refractivity contribution in [3.63, 3.8) is 0 Å². The van der Waals surface area contributed by atoms with Crippen LogP contribution in [0.2, 0.25) is 0 Å². The number of aryl methyl sites for hydroxylation is 2. The van der Waals surface area contributed by atoms with E-state index in [0.29, 0.717) is 18.6 Å². The number of benzene rings is 2. The number of carbonyl (C=O) groups is 1. The van der Waals surface area contributed by atoms with Gasteiger partial charge < -0.3 is 9.47 Å². The van der Waals surface area contributed by atoms with Crippen LogP contribution in [-0.2, 0) is 22.4 Å². The minimum atomic E-state index is -0.623. The molecule has 126 valence electrons. The zero-order chi connectivity index (χ0) is 17.4. The molecular formula is C21H24O3. The minimum absolute atomic E-state index is 0.351. The molecule has 0 saturated heterocycles. The molecule has 1 unspecified atom stereocenters. The Kier molecular flexibility index (Phi) is 6.62. The summed E-state index contributed by atoms with van der Waals surface area (Å²) in [4.78, 5) is 12.1. The van der Waals surface area contributed by atoms with Gasteiger partial charge in [-0.1, -0.05) is 54.1 Å². The molecule has 0 spiro atoms. The zero-order valence-electron chi connectivity index (χ0n) is 14.3. The van der Waals surface area contributed by atoms with Gasteiger partial charge in [-0.25, -0.2) is 4.79 Å². The quantitative estimate of drug-likeness (QED) is 0.537. The normalized spacial score (nSPS) is 11.6. The van der Waals surface area contributed by atoms with Gasteiger partial charge in [0.2, 0.25) is 0 Å². The molecule has 0 bridgehead atoms. The van der Waals surface area contributed by atoms with E-state index in [4.69, 9.17) is 9.47 Å². The van der Waals surface area contributed by atoms with E-state index in [2.05, 4.69) is 37.8 Å². The van der Waals surface area contributed by atoms with Crippen LogP contribution in [0, 0.1) is 6.92 Å². The molecule has 0 amide bonds. The molecule has 1 atom stereocenters. The lowest BCUT2D eigenvalue weighted by Crippen LogP contribution is -2.29. The maximum atomic E-state index is 12.1. The summed E-state index contributed by atoms with van der Waals surface area (Å²) in [6, 6.07) is 16.0. The Morgan fingerprint density at radius 1 is 1.17 bits per heavy atom. The van der Waals surface area contributed by atoms with Crippen LogP contribution >= 0.6 is 0 Å². The maximum absolute atomic E-state index is 12.1. The highest BCUT2D eigenvalue weighted by molar-refractivity contribution is 5.75. The fourth-order valence-corrected chi connectivity index (χ4v) is 2.51. The second kappa shape index (κ2) is 8.92. The fourth-order valence-electron chi connectivity index (χ4n) is 2.51. The molecule has 0 N–H and O–H groups in total. The molecule has 3 nitrogen and oxygen atoms in total. The van der Waals surface area contributed by atoms with E-state index in [1.807, 2.05) is 30.3 Å². The summed E-state index contributed by atoms with van der Waals surface area (Å²) in [5, 5.41) is 0. The molecule has 3 heteroatoms. The van der Waals surface area contributed by atoms with E-state index in [1.54, 1.807) is 0 Å². The number of methoxy groups -OCH3 is 1. The van der Waals surface area contributed by atoms with Gasteiger partial charge in [0.15, 0.2) is 6.10 Å². The number of rotatable bonds is 8. The predicted molar refractivity (Wildman–Crippen MR) is 96.3 cm³/mol. The SMILES string of the molecule is C=CCc1ccccc1OC(CCc1ccc(C)cc1)C(=O)OC. The van der Waals surface area contributed by atoms with Gasteiger partial charge >= 0.3 is 5.97 Å². The number of hydrogen-bond acceptors (Lipinski definition) is 3. The largest absolute Gasteiger partial charge is 0.478 e. The number of hydrogen-bond donors (Lipinski definition) is 0. The van der Waals surface area contributed by atoms with Gasteiger partial charge in [0, 0.05) is 0 Å². The molecule has 2 rings (SSSR count). The van der Waals surface area contributed by atoms with E-state index in [1.165, 1.54) is 18.2 Å². The molecule has 0 saturated carbocycles. The summed E-state index contributed by atoms with van der Waals surface area (Å²) in [5.41, 5.74) is 3.41. The Balaban J connectivity index is 2.09. The lowest BCUT2D eigenvalue weighted by atomic mass is 10.0. The van der Waals surface area contributed by atoms with Crippen LogP contribution in [0.1, 0.15) is 23.1 Å². The molecule has 0 fully saturated rings. The third-order valence-electron chi connectivity index (χ3n) is 3.89. The molecule has 24 heavy (non-hydrogen) atoms. The smallest absolute Gasteiger partial charge is 0.347 e. The van der Waals surface area contributed by atoms with E-state index in [0.717, 1.165) is 12.0 Å². The molecule has 0 radical (unpaired) electrons. The van der Waals surface area contributed by atoms with Crippen LogP contribution < -0.4 is 4.74 Å². The predicted octanol–water partition coefficient (Wildman–Crippen LogP) is 4.28. The second-order valence-corrected chi connectivity index (χ2v) is 5.75. The number of esters is 1. The third kappa shape index (κ3) is 4.98. The van der Waals surface area contributed by atoms with Crippen molar-refractivity contribution >= 4 is 5.97 Å². The van der Waals surface area contributed by atoms with E-state index >= 15 is 0 Å². The number of ether oxygens (including phenoxy) is 2. The average molecular weight is 324 g/mol. The minimum Gasteiger partial charge on any atom is -0.478 e. The van der Waals surface area contributed by atoms with Crippen molar-refractivity contribution in [3.8, 4) is 5.75 Å². The van der Waals surface area contributed by atoms with Gasteiger partial charge in [-0.05, 0) is 43.4 Å². The fraction of sp³-hybridized carbons (Fsp3) is 0.286. The molecule has 0 aliphatic carbocycles. The Bertz CT molecular complexity index is 674. The van der Waals surface area contributed by atoms with Crippen LogP contribution in [0.25, 0.3) is 0 Å². The van der Waals surface area contributed by atoms with Gasteiger partial charge in [-0.3, -0.25) is 0 Å². The summed E-state index contributed by atoms with van der Waals surface area (Å²) in [7, 11) is 1.39. The van der Waals surface area contributed by atoms with Crippen molar-refractivity contribution in [2.24, 2.45) is 0 Å². The summed E-state index contributed by atoms with van der Waals surface area (Å²) < 4.78 is 10.9. The van der Waals surface area contributed by atoms with Crippen LogP contribution in [0.3, 0.4) is 0 Å². The van der Waals surface area contributed by atoms with Crippen molar-refractivity contribution in [2.75, 3.05) is 7.11 Å². The van der Waals surface area contributed by atoms with Crippen molar-refractivity contribution in [3.05, 3.63) is 77.9 Å². The molecule has 0 aliphatic rings. The van der Waals surface area contributed by atoms with Crippen LogP contribution in [-0.4, -0.2) is 19.2 Å². The Morgan fingerprint density at radius 2 is 1.88 bits per heavy atom. The topological polar surface area (TPSA) is 35.5 Å². The van der Waals surface area contributed by atoms with Gasteiger partial charge in [0.1, 0.15) is 5.75 Å². The zero-order valence-corrected chi connectivity index (χ0v) is 14.3. The highest BCUT2D eigenvalue weighted by Crippen LogP contribution is 2.22. The van der Waals surface area contributed by atoms with Gasteiger partial charge in [0.05, 0.1) is 7.11 Å². The van der Waals surface area contributed by atoms with Crippen molar-refractivity contribution in [1.82, 2.24) is 0 Å². The monoisotopic (exact) mass is 324 g/mol. The lowest BCUT2D eigenvalue weighted by Gasteiger charge is -2.19. The lowest BCUT2D eigenvalue weighted by molar-refractivity contribution is -0.149. The number of para-hydroxylation sites is 1. The van der Waals surface area contributed by atoms with Crippen molar-refractivity contribution in [1.29, 1.82) is 0 Å². The first-order valence-electron chi connectivity index (χ1n) is 8.13. The number of carbonyl (C=O) groups excluding carboxylic acids is 1. The standard InChI is InChI=1S/C21H24O3/c1-4-7-18-8-5-6-9-19(18)24-20(21(22)23-3)15-14-17-12-10-16(2)11-13-17/h4-6,8-13,20H,1,7,14-15H2,2-3H3. The van der Waals surface area contributed by atoms with E-state index in [9.17, 15) is 4.79 Å². The molecule has 0 aliphatic heterocycles. The summed E-state index contributed by atoms with van der Waals surface area (Å²) >= 11 is 0. The molecule has 2 aromatic rings. The first-order chi connectivity index (χ1) is 11.6. The Morgan fingerprint density at radius 3 is 2.54 bits per heavy atom. The molecule has 0 heterocycles. The van der Waals surface area contributed by atoms with E-state index < -0.39 is 6.10 Å².